The average molecular weight is 383 g/mol. The Kier molecular flexibility index (Phi) is 6.21. The van der Waals surface area contributed by atoms with Crippen molar-refractivity contribution in [2.75, 3.05) is 30.4 Å². The number of amides is 2. The normalized spacial score (nSPS) is 16.8. The summed E-state index contributed by atoms with van der Waals surface area (Å²) in [6, 6.07) is 15.0. The van der Waals surface area contributed by atoms with Crippen LogP contribution in [-0.4, -0.2) is 44.0 Å². The summed E-state index contributed by atoms with van der Waals surface area (Å²) < 4.78 is 13.2. The number of carbonyl (C=O) groups excluding carboxylic acids is 2. The summed E-state index contributed by atoms with van der Waals surface area (Å²) in [5.74, 6) is -0.302. The van der Waals surface area contributed by atoms with Crippen molar-refractivity contribution in [3.63, 3.8) is 0 Å². The fourth-order valence-corrected chi connectivity index (χ4v) is 2.99. The minimum absolute atomic E-state index is 0.0306. The number of hydrogen-bond acceptors (Lipinski definition) is 3. The van der Waals surface area contributed by atoms with Gasteiger partial charge in [0.15, 0.2) is 5.96 Å². The number of halogens is 1. The zero-order valence-corrected chi connectivity index (χ0v) is 15.5. The number of guanidine groups is 1. The third-order valence-electron chi connectivity index (χ3n) is 4.28. The summed E-state index contributed by atoms with van der Waals surface area (Å²) in [7, 11) is 1.59. The molecule has 1 atom stereocenters. The summed E-state index contributed by atoms with van der Waals surface area (Å²) in [5.41, 5.74) is 1.24. The molecular formula is C20H22FN5O2. The van der Waals surface area contributed by atoms with E-state index in [1.54, 1.807) is 18.0 Å². The highest BCUT2D eigenvalue weighted by Gasteiger charge is 2.31. The van der Waals surface area contributed by atoms with Gasteiger partial charge in [-0.3, -0.25) is 14.6 Å². The summed E-state index contributed by atoms with van der Waals surface area (Å²) in [5, 5.41) is 8.67. The van der Waals surface area contributed by atoms with Gasteiger partial charge in [-0.1, -0.05) is 24.3 Å². The van der Waals surface area contributed by atoms with E-state index in [2.05, 4.69) is 20.9 Å². The van der Waals surface area contributed by atoms with Crippen molar-refractivity contribution >= 4 is 29.1 Å². The van der Waals surface area contributed by atoms with Crippen LogP contribution in [0.3, 0.4) is 0 Å². The summed E-state index contributed by atoms with van der Waals surface area (Å²) in [4.78, 5) is 30.1. The zero-order chi connectivity index (χ0) is 19.9. The minimum atomic E-state index is -0.419. The molecule has 3 rings (SSSR count). The lowest BCUT2D eigenvalue weighted by Gasteiger charge is -2.19. The molecule has 146 valence electrons. The molecule has 2 amide bonds. The van der Waals surface area contributed by atoms with Crippen LogP contribution in [0.25, 0.3) is 0 Å². The first-order valence-electron chi connectivity index (χ1n) is 8.93. The highest BCUT2D eigenvalue weighted by atomic mass is 19.1. The molecule has 1 heterocycles. The largest absolute Gasteiger partial charge is 0.351 e. The third kappa shape index (κ3) is 5.06. The molecule has 1 aliphatic heterocycles. The van der Waals surface area contributed by atoms with Crippen LogP contribution in [0.5, 0.6) is 0 Å². The molecule has 0 aromatic heterocycles. The molecule has 1 unspecified atom stereocenters. The van der Waals surface area contributed by atoms with Gasteiger partial charge >= 0.3 is 0 Å². The number of aliphatic imine (C=N–C) groups is 1. The van der Waals surface area contributed by atoms with Crippen molar-refractivity contribution in [1.29, 1.82) is 0 Å². The zero-order valence-electron chi connectivity index (χ0n) is 15.5. The van der Waals surface area contributed by atoms with Gasteiger partial charge in [-0.2, -0.15) is 0 Å². The van der Waals surface area contributed by atoms with Gasteiger partial charge in [0.2, 0.25) is 11.8 Å². The van der Waals surface area contributed by atoms with Crippen LogP contribution in [0.4, 0.5) is 15.8 Å². The van der Waals surface area contributed by atoms with Gasteiger partial charge in [0, 0.05) is 31.4 Å². The van der Waals surface area contributed by atoms with Gasteiger partial charge in [-0.25, -0.2) is 4.39 Å². The molecule has 2 aromatic rings. The number of nitrogens with one attached hydrogen (secondary N) is 3. The van der Waals surface area contributed by atoms with Gasteiger partial charge in [0.05, 0.1) is 12.6 Å². The third-order valence-corrected chi connectivity index (χ3v) is 4.28. The van der Waals surface area contributed by atoms with E-state index in [0.29, 0.717) is 24.6 Å². The Morgan fingerprint density at radius 2 is 2.00 bits per heavy atom. The van der Waals surface area contributed by atoms with Crippen LogP contribution >= 0.6 is 0 Å². The fourth-order valence-electron chi connectivity index (χ4n) is 2.99. The maximum Gasteiger partial charge on any atom is 0.243 e. The number of anilines is 2. The number of benzene rings is 2. The van der Waals surface area contributed by atoms with Gasteiger partial charge < -0.3 is 20.9 Å². The highest BCUT2D eigenvalue weighted by molar-refractivity contribution is 5.98. The molecule has 1 aliphatic rings. The highest BCUT2D eigenvalue weighted by Crippen LogP contribution is 2.20. The molecule has 0 saturated carbocycles. The Hall–Kier alpha value is -3.42. The summed E-state index contributed by atoms with van der Waals surface area (Å²) in [6.07, 6.45) is 0.338. The lowest BCUT2D eigenvalue weighted by Crippen LogP contribution is -2.46. The summed E-state index contributed by atoms with van der Waals surface area (Å²) >= 11 is 0. The smallest absolute Gasteiger partial charge is 0.243 e. The van der Waals surface area contributed by atoms with Crippen molar-refractivity contribution in [2.24, 2.45) is 4.99 Å². The average Bonchev–Trinajstić information content (AvgIpc) is 3.06. The van der Waals surface area contributed by atoms with E-state index in [-0.39, 0.29) is 24.4 Å². The van der Waals surface area contributed by atoms with Crippen LogP contribution < -0.4 is 20.9 Å². The second-order valence-electron chi connectivity index (χ2n) is 6.37. The molecule has 8 heteroatoms. The standard InChI is InChI=1S/C20H22FN5O2/c1-22-20(23-12-18(27)24-15-7-5-6-14(21)10-15)25-16-11-19(28)26(13-16)17-8-3-2-4-9-17/h2-10,16H,11-13H2,1H3,(H,24,27)(H2,22,23,25). The molecule has 28 heavy (non-hydrogen) atoms. The Bertz CT molecular complexity index is 872. The predicted octanol–water partition coefficient (Wildman–Crippen LogP) is 1.73. The second-order valence-corrected chi connectivity index (χ2v) is 6.37. The topological polar surface area (TPSA) is 85.8 Å². The minimum Gasteiger partial charge on any atom is -0.351 e. The predicted molar refractivity (Wildman–Crippen MR) is 107 cm³/mol. The van der Waals surface area contributed by atoms with Crippen molar-refractivity contribution in [1.82, 2.24) is 10.6 Å². The van der Waals surface area contributed by atoms with E-state index < -0.39 is 5.82 Å². The summed E-state index contributed by atoms with van der Waals surface area (Å²) in [6.45, 7) is 0.471. The van der Waals surface area contributed by atoms with E-state index in [9.17, 15) is 14.0 Å². The first-order valence-corrected chi connectivity index (χ1v) is 8.93. The van der Waals surface area contributed by atoms with E-state index in [0.717, 1.165) is 5.69 Å². The fraction of sp³-hybridized carbons (Fsp3) is 0.250. The quantitative estimate of drug-likeness (QED) is 0.542. The molecule has 0 spiro atoms. The van der Waals surface area contributed by atoms with Crippen molar-refractivity contribution < 1.29 is 14.0 Å². The van der Waals surface area contributed by atoms with E-state index in [1.807, 2.05) is 30.3 Å². The maximum atomic E-state index is 13.2. The first kappa shape index (κ1) is 19.3. The first-order chi connectivity index (χ1) is 13.5. The Morgan fingerprint density at radius 3 is 2.71 bits per heavy atom. The number of para-hydroxylation sites is 1. The van der Waals surface area contributed by atoms with Crippen molar-refractivity contribution in [3.8, 4) is 0 Å². The molecule has 1 fully saturated rings. The SMILES string of the molecule is CN=C(NCC(=O)Nc1cccc(F)c1)NC1CC(=O)N(c2ccccc2)C1. The van der Waals surface area contributed by atoms with E-state index in [1.165, 1.54) is 18.2 Å². The molecular weight excluding hydrogens is 361 g/mol. The van der Waals surface area contributed by atoms with Crippen molar-refractivity contribution in [2.45, 2.75) is 12.5 Å². The van der Waals surface area contributed by atoms with Gasteiger partial charge in [-0.15, -0.1) is 0 Å². The van der Waals surface area contributed by atoms with E-state index >= 15 is 0 Å². The molecule has 0 bridgehead atoms. The maximum absolute atomic E-state index is 13.2. The van der Waals surface area contributed by atoms with Crippen molar-refractivity contribution in [3.05, 3.63) is 60.4 Å². The monoisotopic (exact) mass is 383 g/mol. The Balaban J connectivity index is 1.49. The number of nitrogens with zero attached hydrogens (tertiary/aromatic N) is 2. The number of rotatable bonds is 5. The molecule has 1 saturated heterocycles. The van der Waals surface area contributed by atoms with Crippen LogP contribution in [0.2, 0.25) is 0 Å². The van der Waals surface area contributed by atoms with Crippen LogP contribution in [-0.2, 0) is 9.59 Å². The van der Waals surface area contributed by atoms with Crippen LogP contribution in [0.1, 0.15) is 6.42 Å². The Morgan fingerprint density at radius 1 is 1.21 bits per heavy atom. The van der Waals surface area contributed by atoms with E-state index in [4.69, 9.17) is 0 Å². The Labute approximate surface area is 162 Å². The van der Waals surface area contributed by atoms with Gasteiger partial charge in [0.25, 0.3) is 0 Å². The number of hydrogen-bond donors (Lipinski definition) is 3. The molecule has 7 nitrogen and oxygen atoms in total. The van der Waals surface area contributed by atoms with Gasteiger partial charge in [-0.05, 0) is 30.3 Å². The molecule has 2 aromatic carbocycles. The molecule has 0 radical (unpaired) electrons. The lowest BCUT2D eigenvalue weighted by molar-refractivity contribution is -0.117. The molecule has 3 N–H and O–H groups in total. The molecule has 0 aliphatic carbocycles. The van der Waals surface area contributed by atoms with Gasteiger partial charge in [0.1, 0.15) is 5.82 Å². The second kappa shape index (κ2) is 8.98. The van der Waals surface area contributed by atoms with Crippen LogP contribution in [0, 0.1) is 5.82 Å². The lowest BCUT2D eigenvalue weighted by atomic mass is 10.2. The number of carbonyl (C=O) groups is 2. The van der Waals surface area contributed by atoms with Crippen LogP contribution in [0.15, 0.2) is 59.6 Å².